The molecule has 1 fully saturated rings. The number of nitrogens with one attached hydrogen (secondary N) is 1. The van der Waals surface area contributed by atoms with Gasteiger partial charge in [-0.05, 0) is 6.92 Å². The molecule has 184 valence electrons. The Morgan fingerprint density at radius 2 is 2.11 bits per heavy atom. The first-order valence-corrected chi connectivity index (χ1v) is 12.6. The minimum Gasteiger partial charge on any atom is -0.477 e. The topological polar surface area (TPSA) is 225 Å². The number of oxime groups is 1. The van der Waals surface area contributed by atoms with E-state index >= 15 is 0 Å². The number of nitrogens with two attached hydrogens (primary N) is 3. The van der Waals surface area contributed by atoms with Crippen molar-refractivity contribution in [1.82, 2.24) is 25.2 Å². The van der Waals surface area contributed by atoms with Crippen LogP contribution in [0.1, 0.15) is 12.6 Å². The highest BCUT2D eigenvalue weighted by atomic mass is 32.2. The third-order valence-corrected chi connectivity index (χ3v) is 7.79. The van der Waals surface area contributed by atoms with Crippen LogP contribution in [0.5, 0.6) is 0 Å². The molecule has 17 heteroatoms. The molecule has 14 nitrogen and oxygen atoms in total. The first-order chi connectivity index (χ1) is 16.7. The molecule has 0 aromatic carbocycles. The number of anilines is 3. The molecule has 2 aliphatic rings. The number of thioether (sulfide) groups is 2. The number of amides is 2. The molecule has 1 saturated heterocycles. The molecular weight excluding hydrogens is 518 g/mol. The van der Waals surface area contributed by atoms with Crippen molar-refractivity contribution in [2.45, 2.75) is 23.4 Å². The summed E-state index contributed by atoms with van der Waals surface area (Å²) in [5.41, 5.74) is 16.8. The number of fused-ring (bicyclic) bond motifs is 1. The Bertz CT molecular complexity index is 1240. The van der Waals surface area contributed by atoms with Gasteiger partial charge in [-0.15, -0.1) is 23.1 Å². The van der Waals surface area contributed by atoms with Crippen molar-refractivity contribution >= 4 is 75.3 Å². The van der Waals surface area contributed by atoms with Crippen LogP contribution in [-0.2, 0) is 19.2 Å². The summed E-state index contributed by atoms with van der Waals surface area (Å²) in [4.78, 5) is 56.3. The van der Waals surface area contributed by atoms with Gasteiger partial charge in [0.05, 0.1) is 0 Å². The first kappa shape index (κ1) is 24.6. The summed E-state index contributed by atoms with van der Waals surface area (Å²) in [6, 6.07) is 0.483. The number of rotatable bonds is 8. The van der Waals surface area contributed by atoms with E-state index in [2.05, 4.69) is 25.4 Å². The van der Waals surface area contributed by atoms with Crippen LogP contribution in [0.3, 0.4) is 0 Å². The molecule has 2 aromatic heterocycles. The average molecular weight is 538 g/mol. The summed E-state index contributed by atoms with van der Waals surface area (Å²) in [6.45, 7) is 1.90. The van der Waals surface area contributed by atoms with Crippen LogP contribution < -0.4 is 22.5 Å². The van der Waals surface area contributed by atoms with Gasteiger partial charge in [0, 0.05) is 22.1 Å². The minimum absolute atomic E-state index is 0.0551. The van der Waals surface area contributed by atoms with Crippen molar-refractivity contribution in [1.29, 1.82) is 0 Å². The Morgan fingerprint density at radius 3 is 2.74 bits per heavy atom. The second-order valence-electron chi connectivity index (χ2n) is 6.96. The maximum Gasteiger partial charge on any atom is 0.353 e. The van der Waals surface area contributed by atoms with Gasteiger partial charge in [0.2, 0.25) is 5.95 Å². The highest BCUT2D eigenvalue weighted by molar-refractivity contribution is 8.06. The van der Waals surface area contributed by atoms with E-state index in [1.54, 1.807) is 12.3 Å². The molecule has 0 radical (unpaired) electrons. The van der Waals surface area contributed by atoms with Gasteiger partial charge in [0.1, 0.15) is 40.3 Å². The Kier molecular flexibility index (Phi) is 6.99. The second kappa shape index (κ2) is 9.96. The lowest BCUT2D eigenvalue weighted by Crippen LogP contribution is -2.71. The SMILES string of the molecule is CCON=C(C(=O)NC1C(=O)N2C(C(=O)O)=C(Sc3cc(N)nc(N)n3)CSC12)c1csc(N)n1. The first-order valence-electron chi connectivity index (χ1n) is 9.90. The number of nitrogen functional groups attached to an aromatic ring is 3. The van der Waals surface area contributed by atoms with E-state index in [0.29, 0.717) is 9.93 Å². The number of aromatic nitrogens is 3. The number of carboxylic acids is 1. The molecule has 35 heavy (non-hydrogen) atoms. The zero-order valence-electron chi connectivity index (χ0n) is 18.0. The molecule has 2 atom stereocenters. The fourth-order valence-corrected chi connectivity index (χ4v) is 6.28. The number of hydrogen-bond acceptors (Lipinski definition) is 14. The van der Waals surface area contributed by atoms with E-state index < -0.39 is 29.2 Å². The summed E-state index contributed by atoms with van der Waals surface area (Å²) < 4.78 is 0. The molecule has 4 heterocycles. The van der Waals surface area contributed by atoms with Gasteiger partial charge in [-0.3, -0.25) is 14.5 Å². The fourth-order valence-electron chi connectivity index (χ4n) is 3.25. The summed E-state index contributed by atoms with van der Waals surface area (Å²) in [5, 5.41) is 17.7. The number of carboxylic acid groups (broad SMARTS) is 1. The lowest BCUT2D eigenvalue weighted by molar-refractivity contribution is -0.150. The number of thiazole rings is 1. The monoisotopic (exact) mass is 537 g/mol. The fraction of sp³-hybridized carbons (Fsp3) is 0.278. The lowest BCUT2D eigenvalue weighted by atomic mass is 10.0. The van der Waals surface area contributed by atoms with E-state index in [0.717, 1.165) is 28.0 Å². The van der Waals surface area contributed by atoms with E-state index in [-0.39, 0.29) is 46.4 Å². The molecule has 0 aliphatic carbocycles. The van der Waals surface area contributed by atoms with Crippen LogP contribution in [0.15, 0.2) is 32.2 Å². The summed E-state index contributed by atoms with van der Waals surface area (Å²) in [5.74, 6) is -2.24. The van der Waals surface area contributed by atoms with Gasteiger partial charge >= 0.3 is 5.97 Å². The maximum atomic E-state index is 13.0. The number of nitrogens with zero attached hydrogens (tertiary/aromatic N) is 5. The standard InChI is InChI=1S/C18H19N9O5S3/c1-2-32-26-10(6-4-34-18(21)22-6)13(28)25-11-14(29)27-12(16(30)31)7(5-33-15(11)27)35-9-3-8(19)23-17(20)24-9/h3-4,11,15H,2,5H2,1H3,(H2,21,22)(H,25,28)(H,30,31)(H4,19,20,23,24). The van der Waals surface area contributed by atoms with Crippen molar-refractivity contribution < 1.29 is 24.3 Å². The molecule has 0 bridgehead atoms. The largest absolute Gasteiger partial charge is 0.477 e. The zero-order chi connectivity index (χ0) is 25.3. The van der Waals surface area contributed by atoms with Gasteiger partial charge in [-0.25, -0.2) is 14.8 Å². The smallest absolute Gasteiger partial charge is 0.353 e. The van der Waals surface area contributed by atoms with E-state index in [4.69, 9.17) is 22.0 Å². The number of carbonyl (C=O) groups excluding carboxylic acids is 2. The van der Waals surface area contributed by atoms with Crippen molar-refractivity contribution in [2.75, 3.05) is 29.6 Å². The summed E-state index contributed by atoms with van der Waals surface area (Å²) in [6.07, 6.45) is 0. The quantitative estimate of drug-likeness (QED) is 0.129. The van der Waals surface area contributed by atoms with Crippen LogP contribution in [0.2, 0.25) is 0 Å². The number of carbonyl (C=O) groups is 3. The molecule has 4 rings (SSSR count). The van der Waals surface area contributed by atoms with Crippen LogP contribution >= 0.6 is 34.9 Å². The third-order valence-electron chi connectivity index (χ3n) is 4.65. The lowest BCUT2D eigenvalue weighted by Gasteiger charge is -2.49. The van der Waals surface area contributed by atoms with E-state index in [9.17, 15) is 19.5 Å². The Labute approximate surface area is 210 Å². The molecule has 8 N–H and O–H groups in total. The third kappa shape index (κ3) is 4.96. The van der Waals surface area contributed by atoms with Gasteiger partial charge in [-0.1, -0.05) is 16.9 Å². The van der Waals surface area contributed by atoms with Gasteiger partial charge in [0.25, 0.3) is 11.8 Å². The molecule has 0 spiro atoms. The number of aliphatic carboxylic acids is 1. The predicted molar refractivity (Wildman–Crippen MR) is 131 cm³/mol. The number of hydrogen-bond donors (Lipinski definition) is 5. The molecular formula is C18H19N9O5S3. The average Bonchev–Trinajstić information content (AvgIpc) is 3.22. The normalized spacial score (nSPS) is 19.7. The molecule has 0 saturated carbocycles. The van der Waals surface area contributed by atoms with Crippen molar-refractivity contribution in [3.8, 4) is 0 Å². The molecule has 2 aliphatic heterocycles. The zero-order valence-corrected chi connectivity index (χ0v) is 20.4. The van der Waals surface area contributed by atoms with E-state index in [1.807, 2.05) is 0 Å². The molecule has 2 unspecified atom stereocenters. The van der Waals surface area contributed by atoms with Gasteiger partial charge in [-0.2, -0.15) is 4.98 Å². The highest BCUT2D eigenvalue weighted by Crippen LogP contribution is 2.45. The Balaban J connectivity index is 1.54. The van der Waals surface area contributed by atoms with Crippen LogP contribution in [-0.4, -0.2) is 72.2 Å². The Morgan fingerprint density at radius 1 is 1.34 bits per heavy atom. The van der Waals surface area contributed by atoms with Crippen LogP contribution in [0, 0.1) is 0 Å². The highest BCUT2D eigenvalue weighted by Gasteiger charge is 2.54. The van der Waals surface area contributed by atoms with Gasteiger partial charge in [0.15, 0.2) is 10.8 Å². The van der Waals surface area contributed by atoms with Crippen molar-refractivity contribution in [3.05, 3.63) is 27.7 Å². The van der Waals surface area contributed by atoms with Gasteiger partial charge < -0.3 is 32.5 Å². The second-order valence-corrected chi connectivity index (χ2v) is 10.1. The van der Waals surface area contributed by atoms with Crippen LogP contribution in [0.25, 0.3) is 0 Å². The van der Waals surface area contributed by atoms with Crippen LogP contribution in [0.4, 0.5) is 16.9 Å². The van der Waals surface area contributed by atoms with Crippen molar-refractivity contribution in [2.24, 2.45) is 5.16 Å². The summed E-state index contributed by atoms with van der Waals surface area (Å²) >= 11 is 3.44. The van der Waals surface area contributed by atoms with Crippen molar-refractivity contribution in [3.63, 3.8) is 0 Å². The maximum absolute atomic E-state index is 13.0. The Hall–Kier alpha value is -3.57. The predicted octanol–water partition coefficient (Wildman–Crippen LogP) is -0.0913. The number of β-lactam (4-membered cyclic amide) rings is 1. The van der Waals surface area contributed by atoms with E-state index in [1.165, 1.54) is 17.8 Å². The minimum atomic E-state index is -1.29. The molecule has 2 amide bonds. The summed E-state index contributed by atoms with van der Waals surface area (Å²) in [7, 11) is 0. The molecule has 2 aromatic rings.